The van der Waals surface area contributed by atoms with Gasteiger partial charge in [0.25, 0.3) is 0 Å². The van der Waals surface area contributed by atoms with E-state index >= 15 is 0 Å². The first kappa shape index (κ1) is 15.6. The summed E-state index contributed by atoms with van der Waals surface area (Å²) in [5.74, 6) is 0. The fourth-order valence-corrected chi connectivity index (χ4v) is 5.79. The first-order valence-corrected chi connectivity index (χ1v) is 9.97. The van der Waals surface area contributed by atoms with E-state index in [1.54, 1.807) is 33.8 Å². The Morgan fingerprint density at radius 2 is 2.04 bits per heavy atom. The Hall–Kier alpha value is -1.96. The standard InChI is InChI=1S/C17H15NO4S2/c19-17-8-5-12-11-13(6-7-15(12)22-17)24(20,21)18-9-1-3-14(18)16-4-2-10-23-16/h2,4-8,10-11,14H,1,3,9H2. The summed E-state index contributed by atoms with van der Waals surface area (Å²) in [6, 6.07) is 11.3. The van der Waals surface area contributed by atoms with Crippen LogP contribution in [-0.2, 0) is 10.0 Å². The molecule has 1 aliphatic rings. The molecule has 124 valence electrons. The van der Waals surface area contributed by atoms with Gasteiger partial charge in [-0.25, -0.2) is 13.2 Å². The number of sulfonamides is 1. The predicted molar refractivity (Wildman–Crippen MR) is 92.7 cm³/mol. The molecule has 0 spiro atoms. The van der Waals surface area contributed by atoms with Crippen LogP contribution in [0.2, 0.25) is 0 Å². The summed E-state index contributed by atoms with van der Waals surface area (Å²) in [7, 11) is -3.60. The molecular formula is C17H15NO4S2. The van der Waals surface area contributed by atoms with Gasteiger partial charge < -0.3 is 4.42 Å². The van der Waals surface area contributed by atoms with Crippen LogP contribution in [0.15, 0.2) is 62.0 Å². The van der Waals surface area contributed by atoms with Crippen molar-refractivity contribution in [3.63, 3.8) is 0 Å². The molecule has 2 aromatic heterocycles. The maximum Gasteiger partial charge on any atom is 0.336 e. The van der Waals surface area contributed by atoms with Crippen LogP contribution in [0.25, 0.3) is 11.0 Å². The summed E-state index contributed by atoms with van der Waals surface area (Å²) in [5, 5.41) is 2.57. The van der Waals surface area contributed by atoms with Crippen molar-refractivity contribution in [1.82, 2.24) is 4.31 Å². The lowest BCUT2D eigenvalue weighted by Gasteiger charge is -2.23. The van der Waals surface area contributed by atoms with E-state index in [0.29, 0.717) is 17.5 Å². The van der Waals surface area contributed by atoms with Gasteiger partial charge in [0.2, 0.25) is 10.0 Å². The minimum Gasteiger partial charge on any atom is -0.423 e. The van der Waals surface area contributed by atoms with Crippen LogP contribution in [-0.4, -0.2) is 19.3 Å². The third kappa shape index (κ3) is 2.58. The minimum atomic E-state index is -3.60. The van der Waals surface area contributed by atoms with E-state index in [0.717, 1.165) is 17.7 Å². The normalized spacial score (nSPS) is 19.1. The zero-order chi connectivity index (χ0) is 16.7. The molecule has 0 aliphatic carbocycles. The van der Waals surface area contributed by atoms with Crippen LogP contribution in [0.5, 0.6) is 0 Å². The maximum atomic E-state index is 13.1. The highest BCUT2D eigenvalue weighted by Crippen LogP contribution is 2.38. The van der Waals surface area contributed by atoms with Crippen LogP contribution in [0, 0.1) is 0 Å². The van der Waals surface area contributed by atoms with E-state index in [1.165, 1.54) is 12.1 Å². The van der Waals surface area contributed by atoms with Gasteiger partial charge in [-0.3, -0.25) is 0 Å². The van der Waals surface area contributed by atoms with Gasteiger partial charge in [0, 0.05) is 22.9 Å². The summed E-state index contributed by atoms with van der Waals surface area (Å²) in [6.07, 6.45) is 1.69. The number of benzene rings is 1. The maximum absolute atomic E-state index is 13.1. The first-order valence-electron chi connectivity index (χ1n) is 7.65. The molecule has 5 nitrogen and oxygen atoms in total. The number of rotatable bonds is 3. The van der Waals surface area contributed by atoms with E-state index in [2.05, 4.69) is 0 Å². The van der Waals surface area contributed by atoms with Crippen molar-refractivity contribution in [2.45, 2.75) is 23.8 Å². The smallest absolute Gasteiger partial charge is 0.336 e. The molecule has 1 unspecified atom stereocenters. The third-order valence-electron chi connectivity index (χ3n) is 4.27. The van der Waals surface area contributed by atoms with Crippen LogP contribution in [0.4, 0.5) is 0 Å². The summed E-state index contributed by atoms with van der Waals surface area (Å²) < 4.78 is 32.8. The van der Waals surface area contributed by atoms with Crippen LogP contribution in [0.1, 0.15) is 23.8 Å². The van der Waals surface area contributed by atoms with Gasteiger partial charge in [-0.1, -0.05) is 6.07 Å². The monoisotopic (exact) mass is 361 g/mol. The van der Waals surface area contributed by atoms with Gasteiger partial charge in [-0.05, 0) is 48.6 Å². The number of hydrogen-bond acceptors (Lipinski definition) is 5. The van der Waals surface area contributed by atoms with Gasteiger partial charge in [0.1, 0.15) is 5.58 Å². The minimum absolute atomic E-state index is 0.0978. The molecule has 0 radical (unpaired) electrons. The first-order chi connectivity index (χ1) is 11.6. The summed E-state index contributed by atoms with van der Waals surface area (Å²) >= 11 is 1.58. The van der Waals surface area contributed by atoms with Crippen molar-refractivity contribution in [2.24, 2.45) is 0 Å². The number of thiophene rings is 1. The molecule has 24 heavy (non-hydrogen) atoms. The summed E-state index contributed by atoms with van der Waals surface area (Å²) in [6.45, 7) is 0.521. The Morgan fingerprint density at radius 3 is 2.83 bits per heavy atom. The second kappa shape index (κ2) is 5.84. The number of hydrogen-bond donors (Lipinski definition) is 0. The van der Waals surface area contributed by atoms with Gasteiger partial charge in [-0.15, -0.1) is 11.3 Å². The lowest BCUT2D eigenvalue weighted by Crippen LogP contribution is -2.30. The Bertz CT molecular complexity index is 1040. The van der Waals surface area contributed by atoms with Crippen molar-refractivity contribution in [1.29, 1.82) is 0 Å². The lowest BCUT2D eigenvalue weighted by atomic mass is 10.2. The topological polar surface area (TPSA) is 67.6 Å². The molecule has 0 saturated carbocycles. The third-order valence-corrected chi connectivity index (χ3v) is 7.15. The molecule has 0 N–H and O–H groups in total. The van der Waals surface area contributed by atoms with Gasteiger partial charge in [-0.2, -0.15) is 4.31 Å². The molecule has 4 rings (SSSR count). The molecule has 3 heterocycles. The average molecular weight is 361 g/mol. The molecule has 1 aromatic carbocycles. The molecule has 7 heteroatoms. The Kier molecular flexibility index (Phi) is 3.79. The lowest BCUT2D eigenvalue weighted by molar-refractivity contribution is 0.401. The fourth-order valence-electron chi connectivity index (χ4n) is 3.14. The van der Waals surface area contributed by atoms with Crippen LogP contribution in [0.3, 0.4) is 0 Å². The number of nitrogens with zero attached hydrogens (tertiary/aromatic N) is 1. The van der Waals surface area contributed by atoms with Crippen molar-refractivity contribution in [3.8, 4) is 0 Å². The predicted octanol–water partition coefficient (Wildman–Crippen LogP) is 3.38. The molecule has 3 aromatic rings. The molecule has 1 aliphatic heterocycles. The molecule has 1 saturated heterocycles. The molecule has 0 amide bonds. The zero-order valence-corrected chi connectivity index (χ0v) is 14.3. The molecule has 1 fully saturated rings. The molecular weight excluding hydrogens is 346 g/mol. The highest BCUT2D eigenvalue weighted by Gasteiger charge is 2.36. The summed E-state index contributed by atoms with van der Waals surface area (Å²) in [5.41, 5.74) is -0.0620. The van der Waals surface area contributed by atoms with Crippen molar-refractivity contribution in [3.05, 3.63) is 63.1 Å². The van der Waals surface area contributed by atoms with E-state index in [1.807, 2.05) is 17.5 Å². The highest BCUT2D eigenvalue weighted by atomic mass is 32.2. The van der Waals surface area contributed by atoms with Gasteiger partial charge in [0.05, 0.1) is 10.9 Å². The Morgan fingerprint density at radius 1 is 1.17 bits per heavy atom. The quantitative estimate of drug-likeness (QED) is 0.671. The Labute approximate surface area is 143 Å². The number of fused-ring (bicyclic) bond motifs is 1. The summed E-state index contributed by atoms with van der Waals surface area (Å²) in [4.78, 5) is 12.6. The second-order valence-corrected chi connectivity index (χ2v) is 8.61. The SMILES string of the molecule is O=c1ccc2cc(S(=O)(=O)N3CCCC3c3cccs3)ccc2o1. The Balaban J connectivity index is 1.77. The van der Waals surface area contributed by atoms with Crippen molar-refractivity contribution in [2.75, 3.05) is 6.54 Å². The van der Waals surface area contributed by atoms with E-state index in [9.17, 15) is 13.2 Å². The molecule has 1 atom stereocenters. The van der Waals surface area contributed by atoms with E-state index in [4.69, 9.17) is 4.42 Å². The van der Waals surface area contributed by atoms with Crippen LogP contribution < -0.4 is 5.63 Å². The van der Waals surface area contributed by atoms with Crippen molar-refractivity contribution < 1.29 is 12.8 Å². The van der Waals surface area contributed by atoms with E-state index < -0.39 is 15.6 Å². The fraction of sp³-hybridized carbons (Fsp3) is 0.235. The average Bonchev–Trinajstić information content (AvgIpc) is 3.25. The zero-order valence-electron chi connectivity index (χ0n) is 12.7. The van der Waals surface area contributed by atoms with E-state index in [-0.39, 0.29) is 10.9 Å². The van der Waals surface area contributed by atoms with Gasteiger partial charge >= 0.3 is 5.63 Å². The van der Waals surface area contributed by atoms with Gasteiger partial charge in [0.15, 0.2) is 0 Å². The molecule has 0 bridgehead atoms. The highest BCUT2D eigenvalue weighted by molar-refractivity contribution is 7.89. The van der Waals surface area contributed by atoms with Crippen molar-refractivity contribution >= 4 is 32.3 Å². The second-order valence-electron chi connectivity index (χ2n) is 5.74. The largest absolute Gasteiger partial charge is 0.423 e. The van der Waals surface area contributed by atoms with Crippen LogP contribution >= 0.6 is 11.3 Å².